The van der Waals surface area contributed by atoms with Crippen LogP contribution in [0.25, 0.3) is 0 Å². The summed E-state index contributed by atoms with van der Waals surface area (Å²) < 4.78 is 9.32. The molecule has 2 fully saturated rings. The first-order valence-electron chi connectivity index (χ1n) is 9.44. The molecule has 2 aliphatic rings. The molecule has 1 saturated carbocycles. The number of hydrogen-bond acceptors (Lipinski definition) is 6. The molecule has 1 amide bonds. The van der Waals surface area contributed by atoms with Crippen molar-refractivity contribution in [3.05, 3.63) is 24.3 Å². The molecule has 1 saturated heterocycles. The minimum absolute atomic E-state index is 0.194. The number of piperidine rings is 1. The lowest BCUT2D eigenvalue weighted by Gasteiger charge is -2.31. The SMILES string of the molecule is CCCOC(=O)N1CCC(c2nnc(Cn3cncn3)n2C2CC2)CC1. The van der Waals surface area contributed by atoms with Gasteiger partial charge in [-0.15, -0.1) is 10.2 Å². The van der Waals surface area contributed by atoms with Crippen LogP contribution in [0.4, 0.5) is 4.79 Å². The minimum atomic E-state index is -0.194. The monoisotopic (exact) mass is 359 g/mol. The third-order valence-corrected chi connectivity index (χ3v) is 5.02. The van der Waals surface area contributed by atoms with E-state index in [9.17, 15) is 4.79 Å². The molecule has 0 aromatic carbocycles. The molecule has 0 atom stereocenters. The highest BCUT2D eigenvalue weighted by Gasteiger charge is 2.34. The molecule has 9 heteroatoms. The molecular weight excluding hydrogens is 334 g/mol. The van der Waals surface area contributed by atoms with Gasteiger partial charge in [0.15, 0.2) is 5.82 Å². The van der Waals surface area contributed by atoms with E-state index >= 15 is 0 Å². The van der Waals surface area contributed by atoms with Crippen LogP contribution in [0.1, 0.15) is 62.6 Å². The van der Waals surface area contributed by atoms with Crippen LogP contribution in [-0.4, -0.2) is 60.2 Å². The summed E-state index contributed by atoms with van der Waals surface area (Å²) in [5.74, 6) is 2.34. The molecular formula is C17H25N7O2. The van der Waals surface area contributed by atoms with Crippen LogP contribution in [0.5, 0.6) is 0 Å². The Hall–Kier alpha value is -2.45. The van der Waals surface area contributed by atoms with Crippen molar-refractivity contribution in [3.8, 4) is 0 Å². The predicted molar refractivity (Wildman–Crippen MR) is 92.6 cm³/mol. The highest BCUT2D eigenvalue weighted by molar-refractivity contribution is 5.67. The lowest BCUT2D eigenvalue weighted by atomic mass is 9.96. The van der Waals surface area contributed by atoms with E-state index in [0.29, 0.717) is 38.2 Å². The summed E-state index contributed by atoms with van der Waals surface area (Å²) in [6.45, 7) is 4.50. The first-order valence-corrected chi connectivity index (χ1v) is 9.44. The van der Waals surface area contributed by atoms with Gasteiger partial charge in [-0.05, 0) is 32.1 Å². The Morgan fingerprint density at radius 1 is 1.23 bits per heavy atom. The van der Waals surface area contributed by atoms with Crippen LogP contribution in [0.2, 0.25) is 0 Å². The molecule has 0 N–H and O–H groups in total. The summed E-state index contributed by atoms with van der Waals surface area (Å²) in [5, 5.41) is 13.1. The maximum atomic E-state index is 12.0. The van der Waals surface area contributed by atoms with Crippen LogP contribution >= 0.6 is 0 Å². The molecule has 1 aliphatic carbocycles. The molecule has 2 aromatic heterocycles. The molecule has 4 rings (SSSR count). The molecule has 0 radical (unpaired) electrons. The molecule has 9 nitrogen and oxygen atoms in total. The van der Waals surface area contributed by atoms with Crippen molar-refractivity contribution >= 4 is 6.09 Å². The van der Waals surface area contributed by atoms with Crippen molar-refractivity contribution < 1.29 is 9.53 Å². The van der Waals surface area contributed by atoms with Crippen LogP contribution in [0, 0.1) is 0 Å². The number of carbonyl (C=O) groups excluding carboxylic acids is 1. The zero-order chi connectivity index (χ0) is 17.9. The molecule has 140 valence electrons. The van der Waals surface area contributed by atoms with E-state index in [2.05, 4.69) is 24.8 Å². The molecule has 3 heterocycles. The Bertz CT molecular complexity index is 730. The van der Waals surface area contributed by atoms with Gasteiger partial charge in [-0.2, -0.15) is 5.10 Å². The number of aromatic nitrogens is 6. The largest absolute Gasteiger partial charge is 0.449 e. The van der Waals surface area contributed by atoms with Crippen LogP contribution < -0.4 is 0 Å². The normalized spacial score (nSPS) is 18.3. The lowest BCUT2D eigenvalue weighted by Crippen LogP contribution is -2.38. The van der Waals surface area contributed by atoms with Gasteiger partial charge in [0.2, 0.25) is 0 Å². The van der Waals surface area contributed by atoms with Crippen molar-refractivity contribution in [3.63, 3.8) is 0 Å². The van der Waals surface area contributed by atoms with Gasteiger partial charge in [0, 0.05) is 25.0 Å². The van der Waals surface area contributed by atoms with Crippen molar-refractivity contribution in [1.82, 2.24) is 34.4 Å². The highest BCUT2D eigenvalue weighted by Crippen LogP contribution is 2.39. The number of amides is 1. The van der Waals surface area contributed by atoms with Crippen molar-refractivity contribution in [2.75, 3.05) is 19.7 Å². The molecule has 0 spiro atoms. The maximum Gasteiger partial charge on any atom is 0.409 e. The molecule has 0 bridgehead atoms. The fourth-order valence-corrected chi connectivity index (χ4v) is 3.51. The Kier molecular flexibility index (Phi) is 4.85. The lowest BCUT2D eigenvalue weighted by molar-refractivity contribution is 0.0921. The van der Waals surface area contributed by atoms with Crippen LogP contribution in [0.15, 0.2) is 12.7 Å². The number of carbonyl (C=O) groups is 1. The zero-order valence-corrected chi connectivity index (χ0v) is 15.1. The average molecular weight is 359 g/mol. The van der Waals surface area contributed by atoms with Gasteiger partial charge in [-0.1, -0.05) is 6.92 Å². The van der Waals surface area contributed by atoms with Gasteiger partial charge in [0.1, 0.15) is 25.0 Å². The maximum absolute atomic E-state index is 12.0. The van der Waals surface area contributed by atoms with E-state index in [1.807, 2.05) is 6.92 Å². The van der Waals surface area contributed by atoms with Gasteiger partial charge in [0.25, 0.3) is 0 Å². The quantitative estimate of drug-likeness (QED) is 0.783. The summed E-state index contributed by atoms with van der Waals surface area (Å²) >= 11 is 0. The Balaban J connectivity index is 1.44. The smallest absolute Gasteiger partial charge is 0.409 e. The van der Waals surface area contributed by atoms with E-state index < -0.39 is 0 Å². The van der Waals surface area contributed by atoms with Crippen LogP contribution in [0.3, 0.4) is 0 Å². The first-order chi connectivity index (χ1) is 12.8. The van der Waals surface area contributed by atoms with Crippen LogP contribution in [-0.2, 0) is 11.3 Å². The number of likely N-dealkylation sites (tertiary alicyclic amines) is 1. The van der Waals surface area contributed by atoms with Crippen molar-refractivity contribution in [1.29, 1.82) is 0 Å². The molecule has 2 aromatic rings. The highest BCUT2D eigenvalue weighted by atomic mass is 16.6. The number of nitrogens with zero attached hydrogens (tertiary/aromatic N) is 7. The third-order valence-electron chi connectivity index (χ3n) is 5.02. The fourth-order valence-electron chi connectivity index (χ4n) is 3.51. The summed E-state index contributed by atoms with van der Waals surface area (Å²) in [6.07, 6.45) is 8.04. The topological polar surface area (TPSA) is 91.0 Å². The second-order valence-corrected chi connectivity index (χ2v) is 7.04. The van der Waals surface area contributed by atoms with E-state index in [4.69, 9.17) is 4.74 Å². The van der Waals surface area contributed by atoms with Gasteiger partial charge >= 0.3 is 6.09 Å². The van der Waals surface area contributed by atoms with E-state index in [1.54, 1.807) is 15.9 Å². The second kappa shape index (κ2) is 7.43. The van der Waals surface area contributed by atoms with Gasteiger partial charge in [0.05, 0.1) is 6.61 Å². The summed E-state index contributed by atoms with van der Waals surface area (Å²) in [5.41, 5.74) is 0. The third kappa shape index (κ3) is 3.56. The van der Waals surface area contributed by atoms with Gasteiger partial charge in [-0.25, -0.2) is 14.5 Å². The standard InChI is InChI=1S/C17H25N7O2/c1-2-9-26-17(25)22-7-5-13(6-8-22)16-21-20-15(24(16)14-3-4-14)10-23-12-18-11-19-23/h11-14H,2-10H2,1H3. The Labute approximate surface area is 152 Å². The summed E-state index contributed by atoms with van der Waals surface area (Å²) in [4.78, 5) is 17.8. The van der Waals surface area contributed by atoms with Gasteiger partial charge < -0.3 is 14.2 Å². The minimum Gasteiger partial charge on any atom is -0.449 e. The summed E-state index contributed by atoms with van der Waals surface area (Å²) in [7, 11) is 0. The summed E-state index contributed by atoms with van der Waals surface area (Å²) in [6, 6.07) is 0.506. The number of ether oxygens (including phenoxy) is 1. The first kappa shape index (κ1) is 17.0. The van der Waals surface area contributed by atoms with E-state index in [0.717, 1.165) is 30.9 Å². The Morgan fingerprint density at radius 2 is 2.04 bits per heavy atom. The van der Waals surface area contributed by atoms with Gasteiger partial charge in [-0.3, -0.25) is 0 Å². The zero-order valence-electron chi connectivity index (χ0n) is 15.1. The van der Waals surface area contributed by atoms with Crippen molar-refractivity contribution in [2.24, 2.45) is 0 Å². The average Bonchev–Trinajstić information content (AvgIpc) is 3.21. The Morgan fingerprint density at radius 3 is 2.69 bits per heavy atom. The molecule has 0 unspecified atom stereocenters. The number of hydrogen-bond donors (Lipinski definition) is 0. The molecule has 1 aliphatic heterocycles. The van der Waals surface area contributed by atoms with Crippen molar-refractivity contribution in [2.45, 2.75) is 57.5 Å². The van der Waals surface area contributed by atoms with E-state index in [1.165, 1.54) is 19.2 Å². The molecule has 26 heavy (non-hydrogen) atoms. The second-order valence-electron chi connectivity index (χ2n) is 7.04. The van der Waals surface area contributed by atoms with E-state index in [-0.39, 0.29) is 6.09 Å². The predicted octanol–water partition coefficient (Wildman–Crippen LogP) is 1.98. The fraction of sp³-hybridized carbons (Fsp3) is 0.706. The number of rotatable bonds is 6.